The van der Waals surface area contributed by atoms with Crippen LogP contribution in [0.15, 0.2) is 24.4 Å². The first-order valence-electron chi connectivity index (χ1n) is 11.6. The Balaban J connectivity index is 1.25. The predicted molar refractivity (Wildman–Crippen MR) is 122 cm³/mol. The third-order valence-corrected chi connectivity index (χ3v) is 7.23. The zero-order chi connectivity index (χ0) is 20.8. The summed E-state index contributed by atoms with van der Waals surface area (Å²) in [6.45, 7) is 10.6. The highest BCUT2D eigenvalue weighted by Gasteiger charge is 2.35. The minimum Gasteiger partial charge on any atom is -0.486 e. The van der Waals surface area contributed by atoms with Crippen molar-refractivity contribution in [1.82, 2.24) is 15.2 Å². The van der Waals surface area contributed by atoms with Gasteiger partial charge < -0.3 is 25.0 Å². The number of likely N-dealkylation sites (tertiary alicyclic amines) is 1. The molecule has 3 fully saturated rings. The van der Waals surface area contributed by atoms with Crippen LogP contribution in [0.5, 0.6) is 5.75 Å². The first-order valence-corrected chi connectivity index (χ1v) is 11.6. The molecular weight excluding hydrogens is 390 g/mol. The van der Waals surface area contributed by atoms with Gasteiger partial charge >= 0.3 is 0 Å². The fourth-order valence-corrected chi connectivity index (χ4v) is 5.40. The van der Waals surface area contributed by atoms with Gasteiger partial charge in [-0.25, -0.2) is 4.98 Å². The molecule has 2 N–H and O–H groups in total. The van der Waals surface area contributed by atoms with Crippen molar-refractivity contribution in [2.75, 3.05) is 62.7 Å². The third kappa shape index (κ3) is 3.54. The largest absolute Gasteiger partial charge is 0.486 e. The van der Waals surface area contributed by atoms with E-state index in [4.69, 9.17) is 9.47 Å². The van der Waals surface area contributed by atoms with E-state index in [9.17, 15) is 0 Å². The Labute approximate surface area is 183 Å². The fraction of sp³-hybridized carbons (Fsp3) is 0.542. The Morgan fingerprint density at radius 3 is 2.84 bits per heavy atom. The van der Waals surface area contributed by atoms with E-state index in [1.807, 2.05) is 6.20 Å². The van der Waals surface area contributed by atoms with E-state index in [1.54, 1.807) is 0 Å². The van der Waals surface area contributed by atoms with E-state index in [2.05, 4.69) is 50.5 Å². The number of rotatable bonds is 3. The first kappa shape index (κ1) is 19.3. The molecule has 1 aromatic heterocycles. The summed E-state index contributed by atoms with van der Waals surface area (Å²) in [5, 5.41) is 7.10. The molecule has 0 saturated carbocycles. The lowest BCUT2D eigenvalue weighted by atomic mass is 9.88. The first-order chi connectivity index (χ1) is 15.3. The van der Waals surface area contributed by atoms with Crippen molar-refractivity contribution in [3.63, 3.8) is 0 Å². The number of anilines is 3. The van der Waals surface area contributed by atoms with E-state index in [0.717, 1.165) is 75.3 Å². The van der Waals surface area contributed by atoms with Crippen molar-refractivity contribution in [2.24, 2.45) is 0 Å². The molecule has 6 rings (SSSR count). The molecule has 1 unspecified atom stereocenters. The Kier molecular flexibility index (Phi) is 4.97. The van der Waals surface area contributed by atoms with Crippen LogP contribution >= 0.6 is 0 Å². The Hall–Kier alpha value is -2.35. The molecule has 5 heterocycles. The molecule has 0 radical (unpaired) electrons. The molecule has 0 bridgehead atoms. The number of hydrogen-bond donors (Lipinski definition) is 2. The SMILES string of the molecule is Cc1cc(C2CN(C3CCNC3)C2)cc2c1OCc1c(N3CCOCC3)ccnc1N2. The van der Waals surface area contributed by atoms with Crippen molar-refractivity contribution in [1.29, 1.82) is 0 Å². The molecule has 1 atom stereocenters. The second kappa shape index (κ2) is 7.97. The van der Waals surface area contributed by atoms with Gasteiger partial charge in [0.05, 0.1) is 24.5 Å². The Morgan fingerprint density at radius 1 is 1.16 bits per heavy atom. The molecule has 0 spiro atoms. The number of ether oxygens (including phenoxy) is 2. The summed E-state index contributed by atoms with van der Waals surface area (Å²) >= 11 is 0. The number of morpholine rings is 1. The van der Waals surface area contributed by atoms with Crippen molar-refractivity contribution in [3.8, 4) is 5.75 Å². The standard InChI is InChI=1S/C24H31N5O2/c1-16-10-17(18-13-29(14-18)19-2-4-25-12-19)11-21-23(16)31-15-20-22(3-5-26-24(20)27-21)28-6-8-30-9-7-28/h3,5,10-11,18-19,25H,2,4,6-9,12-15H2,1H3,(H,26,27). The molecule has 0 amide bonds. The van der Waals surface area contributed by atoms with Crippen molar-refractivity contribution in [3.05, 3.63) is 41.1 Å². The van der Waals surface area contributed by atoms with E-state index in [0.29, 0.717) is 18.6 Å². The topological polar surface area (TPSA) is 61.9 Å². The van der Waals surface area contributed by atoms with Crippen LogP contribution in [0, 0.1) is 6.92 Å². The van der Waals surface area contributed by atoms with Gasteiger partial charge in [-0.05, 0) is 43.1 Å². The van der Waals surface area contributed by atoms with Gasteiger partial charge in [0.2, 0.25) is 0 Å². The van der Waals surface area contributed by atoms with Gasteiger partial charge in [-0.15, -0.1) is 0 Å². The van der Waals surface area contributed by atoms with Gasteiger partial charge in [0.1, 0.15) is 18.2 Å². The number of aromatic nitrogens is 1. The highest BCUT2D eigenvalue weighted by atomic mass is 16.5. The van der Waals surface area contributed by atoms with Gasteiger partial charge in [-0.3, -0.25) is 4.90 Å². The zero-order valence-corrected chi connectivity index (χ0v) is 18.2. The summed E-state index contributed by atoms with van der Waals surface area (Å²) in [5.41, 5.74) is 5.97. The normalized spacial score (nSPS) is 23.9. The maximum atomic E-state index is 6.35. The summed E-state index contributed by atoms with van der Waals surface area (Å²) < 4.78 is 11.9. The molecule has 3 saturated heterocycles. The number of fused-ring (bicyclic) bond motifs is 2. The van der Waals surface area contributed by atoms with E-state index in [1.165, 1.54) is 23.2 Å². The Morgan fingerprint density at radius 2 is 2.03 bits per heavy atom. The highest BCUT2D eigenvalue weighted by Crippen LogP contribution is 2.42. The monoisotopic (exact) mass is 421 g/mol. The van der Waals surface area contributed by atoms with Crippen LogP contribution < -0.4 is 20.3 Å². The average Bonchev–Trinajstić information content (AvgIpc) is 3.20. The molecule has 0 aliphatic carbocycles. The van der Waals surface area contributed by atoms with Gasteiger partial charge in [-0.2, -0.15) is 0 Å². The van der Waals surface area contributed by atoms with Crippen LogP contribution in [-0.4, -0.2) is 68.4 Å². The van der Waals surface area contributed by atoms with E-state index < -0.39 is 0 Å². The van der Waals surface area contributed by atoms with Gasteiger partial charge in [0.15, 0.2) is 0 Å². The Bertz CT molecular complexity index is 963. The molecule has 31 heavy (non-hydrogen) atoms. The van der Waals surface area contributed by atoms with Crippen LogP contribution in [-0.2, 0) is 11.3 Å². The summed E-state index contributed by atoms with van der Waals surface area (Å²) in [5.74, 6) is 2.46. The molecule has 4 aliphatic heterocycles. The van der Waals surface area contributed by atoms with Gasteiger partial charge in [0, 0.05) is 56.6 Å². The lowest BCUT2D eigenvalue weighted by Crippen LogP contribution is -2.51. The number of benzene rings is 1. The highest BCUT2D eigenvalue weighted by molar-refractivity contribution is 5.74. The van der Waals surface area contributed by atoms with E-state index in [-0.39, 0.29) is 0 Å². The smallest absolute Gasteiger partial charge is 0.146 e. The molecule has 1 aromatic carbocycles. The van der Waals surface area contributed by atoms with Gasteiger partial charge in [0.25, 0.3) is 0 Å². The molecule has 7 heteroatoms. The van der Waals surface area contributed by atoms with Gasteiger partial charge in [-0.1, -0.05) is 6.07 Å². The van der Waals surface area contributed by atoms with Crippen molar-refractivity contribution in [2.45, 2.75) is 31.9 Å². The maximum Gasteiger partial charge on any atom is 0.146 e. The second-order valence-corrected chi connectivity index (χ2v) is 9.18. The zero-order valence-electron chi connectivity index (χ0n) is 18.2. The van der Waals surface area contributed by atoms with Crippen LogP contribution in [0.25, 0.3) is 0 Å². The molecule has 164 valence electrons. The minimum absolute atomic E-state index is 0.530. The lowest BCUT2D eigenvalue weighted by molar-refractivity contribution is 0.101. The summed E-state index contributed by atoms with van der Waals surface area (Å²) in [6, 6.07) is 7.43. The second-order valence-electron chi connectivity index (χ2n) is 9.18. The summed E-state index contributed by atoms with van der Waals surface area (Å²) in [6.07, 6.45) is 3.18. The van der Waals surface area contributed by atoms with Crippen LogP contribution in [0.1, 0.15) is 29.0 Å². The molecular formula is C24H31N5O2. The lowest BCUT2D eigenvalue weighted by Gasteiger charge is -2.43. The maximum absolute atomic E-state index is 6.35. The predicted octanol–water partition coefficient (Wildman–Crippen LogP) is 2.62. The molecule has 7 nitrogen and oxygen atoms in total. The third-order valence-electron chi connectivity index (χ3n) is 7.23. The van der Waals surface area contributed by atoms with Crippen LogP contribution in [0.3, 0.4) is 0 Å². The molecule has 2 aromatic rings. The number of pyridine rings is 1. The number of hydrogen-bond acceptors (Lipinski definition) is 7. The van der Waals surface area contributed by atoms with Crippen LogP contribution in [0.4, 0.5) is 17.2 Å². The average molecular weight is 422 g/mol. The number of aryl methyl sites for hydroxylation is 1. The van der Waals surface area contributed by atoms with E-state index >= 15 is 0 Å². The number of nitrogens with one attached hydrogen (secondary N) is 2. The molecule has 4 aliphatic rings. The minimum atomic E-state index is 0.530. The number of nitrogens with zero attached hydrogens (tertiary/aromatic N) is 3. The summed E-state index contributed by atoms with van der Waals surface area (Å²) in [4.78, 5) is 9.68. The van der Waals surface area contributed by atoms with Crippen LogP contribution in [0.2, 0.25) is 0 Å². The van der Waals surface area contributed by atoms with Crippen molar-refractivity contribution >= 4 is 17.2 Å². The van der Waals surface area contributed by atoms with Crippen molar-refractivity contribution < 1.29 is 9.47 Å². The quantitative estimate of drug-likeness (QED) is 0.790. The fourth-order valence-electron chi connectivity index (χ4n) is 5.40. The summed E-state index contributed by atoms with van der Waals surface area (Å²) in [7, 11) is 0.